The number of anilines is 1. The number of carbonyl (C=O) groups excluding carboxylic acids is 1. The van der Waals surface area contributed by atoms with E-state index >= 15 is 0 Å². The van der Waals surface area contributed by atoms with Gasteiger partial charge in [-0.05, 0) is 43.7 Å². The summed E-state index contributed by atoms with van der Waals surface area (Å²) in [4.78, 5) is 23.7. The summed E-state index contributed by atoms with van der Waals surface area (Å²) in [6.07, 6.45) is 1.72. The van der Waals surface area contributed by atoms with Crippen LogP contribution >= 0.6 is 0 Å². The molecule has 33 heavy (non-hydrogen) atoms. The predicted molar refractivity (Wildman–Crippen MR) is 113 cm³/mol. The second-order valence-electron chi connectivity index (χ2n) is 8.48. The third-order valence-electron chi connectivity index (χ3n) is 6.01. The lowest BCUT2D eigenvalue weighted by molar-refractivity contribution is -0.137. The first-order valence-electron chi connectivity index (χ1n) is 11.0. The lowest BCUT2D eigenvalue weighted by atomic mass is 9.83. The van der Waals surface area contributed by atoms with E-state index in [1.807, 2.05) is 0 Å². The van der Waals surface area contributed by atoms with Gasteiger partial charge < -0.3 is 5.32 Å². The van der Waals surface area contributed by atoms with E-state index in [2.05, 4.69) is 20.3 Å². The molecule has 2 aromatic heterocycles. The van der Waals surface area contributed by atoms with Gasteiger partial charge in [0.1, 0.15) is 23.0 Å². The summed E-state index contributed by atoms with van der Waals surface area (Å²) in [5.41, 5.74) is -0.858. The Balaban J connectivity index is 1.76. The molecular weight excluding hydrogens is 443 g/mol. The Morgan fingerprint density at radius 3 is 2.36 bits per heavy atom. The number of carbonyl (C=O) groups is 1. The van der Waals surface area contributed by atoms with Crippen molar-refractivity contribution in [1.29, 1.82) is 0 Å². The van der Waals surface area contributed by atoms with Crippen molar-refractivity contribution < 1.29 is 26.7 Å². The minimum absolute atomic E-state index is 0.0403. The van der Waals surface area contributed by atoms with Crippen LogP contribution < -0.4 is 5.32 Å². The van der Waals surface area contributed by atoms with Crippen molar-refractivity contribution in [2.75, 3.05) is 5.32 Å². The molecule has 2 aromatic rings. The topological polar surface area (TPSA) is 67.8 Å². The normalized spacial score (nSPS) is 19.4. The van der Waals surface area contributed by atoms with Crippen molar-refractivity contribution in [1.82, 2.24) is 15.0 Å². The molecule has 5 nitrogen and oxygen atoms in total. The van der Waals surface area contributed by atoms with E-state index in [1.54, 1.807) is 6.92 Å². The highest BCUT2D eigenvalue weighted by atomic mass is 19.4. The Bertz CT molecular complexity index is 966. The number of aromatic nitrogens is 3. The van der Waals surface area contributed by atoms with Crippen LogP contribution in [0.2, 0.25) is 0 Å². The maximum Gasteiger partial charge on any atom is 0.421 e. The van der Waals surface area contributed by atoms with Gasteiger partial charge in [0.25, 0.3) is 5.92 Å². The second-order valence-corrected chi connectivity index (χ2v) is 8.48. The molecule has 1 aliphatic rings. The van der Waals surface area contributed by atoms with Crippen molar-refractivity contribution >= 4 is 11.6 Å². The molecule has 3 rings (SSSR count). The number of alkyl halides is 5. The molecule has 1 saturated carbocycles. The maximum absolute atomic E-state index is 13.8. The largest absolute Gasteiger partial charge is 0.421 e. The molecule has 0 saturated heterocycles. The minimum atomic E-state index is -4.64. The molecule has 0 bridgehead atoms. The van der Waals surface area contributed by atoms with E-state index in [0.29, 0.717) is 37.7 Å². The number of aryl methyl sites for hydroxylation is 2. The fourth-order valence-electron chi connectivity index (χ4n) is 4.20. The number of Topliss-reactive ketones (excluding diaryl/α,β-unsaturated/α-hetero) is 1. The van der Waals surface area contributed by atoms with Gasteiger partial charge in [-0.1, -0.05) is 6.92 Å². The quantitative estimate of drug-likeness (QED) is 0.499. The Hall–Kier alpha value is -2.65. The third-order valence-corrected chi connectivity index (χ3v) is 6.01. The fraction of sp³-hybridized carbons (Fsp3) is 0.565. The number of nitrogens with zero attached hydrogens (tertiary/aromatic N) is 3. The van der Waals surface area contributed by atoms with Crippen LogP contribution in [0.5, 0.6) is 0 Å². The predicted octanol–water partition coefficient (Wildman–Crippen LogP) is 5.74. The summed E-state index contributed by atoms with van der Waals surface area (Å²) >= 11 is 0. The van der Waals surface area contributed by atoms with Crippen molar-refractivity contribution in [2.24, 2.45) is 5.92 Å². The Labute approximate surface area is 189 Å². The molecule has 1 N–H and O–H groups in total. The minimum Gasteiger partial charge on any atom is -0.367 e. The van der Waals surface area contributed by atoms with Crippen LogP contribution in [0.25, 0.3) is 0 Å². The summed E-state index contributed by atoms with van der Waals surface area (Å²) in [6.45, 7) is 2.59. The van der Waals surface area contributed by atoms with Gasteiger partial charge in [-0.3, -0.25) is 9.78 Å². The van der Waals surface area contributed by atoms with Crippen LogP contribution in [0.1, 0.15) is 68.5 Å². The number of nitrogens with one attached hydrogen (secondary N) is 1. The van der Waals surface area contributed by atoms with Crippen molar-refractivity contribution in [3.8, 4) is 0 Å². The van der Waals surface area contributed by atoms with Gasteiger partial charge in [0.15, 0.2) is 0 Å². The fourth-order valence-corrected chi connectivity index (χ4v) is 4.20. The number of rotatable bonds is 8. The SMILES string of the molecule is CCC(=O)C1CCC(Nc2nc(CCc3cnccc3C(C)(F)F)ncc2C(F)(F)F)CC1. The van der Waals surface area contributed by atoms with Gasteiger partial charge >= 0.3 is 6.18 Å². The van der Waals surface area contributed by atoms with Gasteiger partial charge in [0.2, 0.25) is 0 Å². The first kappa shape index (κ1) is 25.0. The standard InChI is InChI=1S/C23H27F5N4O/c1-3-19(33)14-4-7-16(8-5-14)31-21-18(23(26,27)28)13-30-20(32-21)9-6-15-12-29-11-10-17(15)22(2,24)25/h10-14,16H,3-9H2,1-2H3,(H,30,31,32). The molecule has 0 spiro atoms. The number of pyridine rings is 1. The van der Waals surface area contributed by atoms with Crippen molar-refractivity contribution in [2.45, 2.75) is 76.9 Å². The van der Waals surface area contributed by atoms with Gasteiger partial charge in [-0.15, -0.1) is 0 Å². The second kappa shape index (κ2) is 10.1. The summed E-state index contributed by atoms with van der Waals surface area (Å²) in [7, 11) is 0. The lowest BCUT2D eigenvalue weighted by Crippen LogP contribution is -2.30. The molecule has 180 valence electrons. The molecule has 0 aliphatic heterocycles. The van der Waals surface area contributed by atoms with Crippen LogP contribution in [0, 0.1) is 5.92 Å². The average Bonchev–Trinajstić information content (AvgIpc) is 2.76. The first-order chi connectivity index (χ1) is 15.5. The van der Waals surface area contributed by atoms with Gasteiger partial charge in [0.05, 0.1) is 0 Å². The lowest BCUT2D eigenvalue weighted by Gasteiger charge is -2.29. The molecule has 1 fully saturated rings. The van der Waals surface area contributed by atoms with Gasteiger partial charge in [-0.25, -0.2) is 18.7 Å². The Morgan fingerprint density at radius 1 is 1.06 bits per heavy atom. The van der Waals surface area contributed by atoms with E-state index in [9.17, 15) is 26.7 Å². The molecule has 10 heteroatoms. The van der Waals surface area contributed by atoms with Crippen LogP contribution in [0.3, 0.4) is 0 Å². The van der Waals surface area contributed by atoms with Crippen LogP contribution in [-0.4, -0.2) is 26.8 Å². The smallest absolute Gasteiger partial charge is 0.367 e. The highest BCUT2D eigenvalue weighted by Crippen LogP contribution is 2.36. The summed E-state index contributed by atoms with van der Waals surface area (Å²) < 4.78 is 68.2. The zero-order chi connectivity index (χ0) is 24.2. The third kappa shape index (κ3) is 6.45. The molecule has 0 aromatic carbocycles. The number of hydrogen-bond donors (Lipinski definition) is 1. The highest BCUT2D eigenvalue weighted by Gasteiger charge is 2.36. The van der Waals surface area contributed by atoms with Gasteiger partial charge in [0, 0.05) is 55.9 Å². The zero-order valence-corrected chi connectivity index (χ0v) is 18.6. The monoisotopic (exact) mass is 470 g/mol. The molecule has 0 unspecified atom stereocenters. The number of ketones is 1. The Kier molecular flexibility index (Phi) is 7.64. The van der Waals surface area contributed by atoms with Crippen LogP contribution in [0.15, 0.2) is 24.7 Å². The molecule has 0 amide bonds. The molecular formula is C23H27F5N4O. The zero-order valence-electron chi connectivity index (χ0n) is 18.6. The van der Waals surface area contributed by atoms with Crippen molar-refractivity contribution in [3.05, 3.63) is 47.2 Å². The molecule has 1 aliphatic carbocycles. The molecule has 0 radical (unpaired) electrons. The summed E-state index contributed by atoms with van der Waals surface area (Å²) in [6, 6.07) is 0.994. The van der Waals surface area contributed by atoms with Crippen LogP contribution in [-0.2, 0) is 29.7 Å². The highest BCUT2D eigenvalue weighted by molar-refractivity contribution is 5.80. The van der Waals surface area contributed by atoms with Crippen LogP contribution in [0.4, 0.5) is 27.8 Å². The maximum atomic E-state index is 13.8. The van der Waals surface area contributed by atoms with E-state index in [4.69, 9.17) is 0 Å². The summed E-state index contributed by atoms with van der Waals surface area (Å²) in [5.74, 6) is -3.12. The van der Waals surface area contributed by atoms with E-state index < -0.39 is 17.7 Å². The Morgan fingerprint density at radius 2 is 1.76 bits per heavy atom. The molecule has 0 atom stereocenters. The average molecular weight is 470 g/mol. The van der Waals surface area contributed by atoms with Crippen molar-refractivity contribution in [3.63, 3.8) is 0 Å². The van der Waals surface area contributed by atoms with E-state index in [0.717, 1.165) is 13.1 Å². The van der Waals surface area contributed by atoms with E-state index in [1.165, 1.54) is 18.5 Å². The summed E-state index contributed by atoms with van der Waals surface area (Å²) in [5, 5.41) is 2.89. The van der Waals surface area contributed by atoms with E-state index in [-0.39, 0.29) is 47.8 Å². The number of hydrogen-bond acceptors (Lipinski definition) is 5. The first-order valence-corrected chi connectivity index (χ1v) is 11.0. The van der Waals surface area contributed by atoms with Gasteiger partial charge in [-0.2, -0.15) is 13.2 Å². The molecule has 2 heterocycles. The number of halogens is 5.